The number of carbonyl (C=O) groups is 1. The van der Waals surface area contributed by atoms with Crippen molar-refractivity contribution in [2.24, 2.45) is 7.05 Å². The van der Waals surface area contributed by atoms with E-state index in [9.17, 15) is 13.2 Å². The van der Waals surface area contributed by atoms with E-state index >= 15 is 0 Å². The zero-order valence-electron chi connectivity index (χ0n) is 13.0. The summed E-state index contributed by atoms with van der Waals surface area (Å²) in [6, 6.07) is 13.2. The number of nitrogens with one attached hydrogen (secondary N) is 1. The van der Waals surface area contributed by atoms with Gasteiger partial charge < -0.3 is 9.88 Å². The van der Waals surface area contributed by atoms with Crippen LogP contribution >= 0.6 is 0 Å². The molecule has 1 atom stereocenters. The fourth-order valence-corrected chi connectivity index (χ4v) is 4.67. The van der Waals surface area contributed by atoms with Crippen LogP contribution in [-0.4, -0.2) is 36.4 Å². The molecule has 0 bridgehead atoms. The van der Waals surface area contributed by atoms with Gasteiger partial charge in [-0.1, -0.05) is 30.3 Å². The van der Waals surface area contributed by atoms with Crippen molar-refractivity contribution in [3.8, 4) is 11.3 Å². The van der Waals surface area contributed by atoms with Crippen molar-refractivity contribution in [3.63, 3.8) is 0 Å². The normalized spacial score (nSPS) is 20.1. The smallest absolute Gasteiger partial charge is 0.268 e. The van der Waals surface area contributed by atoms with E-state index in [-0.39, 0.29) is 23.5 Å². The largest absolute Gasteiger partial charge is 0.347 e. The van der Waals surface area contributed by atoms with Gasteiger partial charge in [0.1, 0.15) is 5.69 Å². The summed E-state index contributed by atoms with van der Waals surface area (Å²) >= 11 is 0. The van der Waals surface area contributed by atoms with Crippen molar-refractivity contribution in [1.82, 2.24) is 9.88 Å². The molecular weight excluding hydrogens is 312 g/mol. The average Bonchev–Trinajstić information content (AvgIpc) is 2.89. The molecule has 6 heteroatoms. The lowest BCUT2D eigenvalue weighted by molar-refractivity contribution is 0.0930. The van der Waals surface area contributed by atoms with Gasteiger partial charge in [0, 0.05) is 18.8 Å². The molecule has 2 heterocycles. The van der Waals surface area contributed by atoms with Crippen LogP contribution in [0.5, 0.6) is 0 Å². The molecule has 1 fully saturated rings. The predicted octanol–water partition coefficient (Wildman–Crippen LogP) is 2.00. The van der Waals surface area contributed by atoms with Gasteiger partial charge in [-0.3, -0.25) is 4.79 Å². The monoisotopic (exact) mass is 332 g/mol. The standard InChI is InChI=1S/C17H20N2O3S/c1-19-15(13-6-3-2-4-7-13)9-10-16(19)17(20)18-14-8-5-11-23(21,22)12-14/h2-4,6-7,9-10,14H,5,8,11-12H2,1H3,(H,18,20)/t14-/m0/s1. The second kappa shape index (κ2) is 6.20. The lowest BCUT2D eigenvalue weighted by Crippen LogP contribution is -2.43. The highest BCUT2D eigenvalue weighted by molar-refractivity contribution is 7.91. The van der Waals surface area contributed by atoms with E-state index in [1.165, 1.54) is 0 Å². The van der Waals surface area contributed by atoms with Crippen LogP contribution in [-0.2, 0) is 16.9 Å². The zero-order valence-corrected chi connectivity index (χ0v) is 13.8. The second-order valence-corrected chi connectivity index (χ2v) is 8.18. The Balaban J connectivity index is 1.77. The highest BCUT2D eigenvalue weighted by Gasteiger charge is 2.26. The Kier molecular flexibility index (Phi) is 4.26. The summed E-state index contributed by atoms with van der Waals surface area (Å²) in [6.45, 7) is 0. The number of rotatable bonds is 3. The maximum atomic E-state index is 12.5. The van der Waals surface area contributed by atoms with E-state index in [1.807, 2.05) is 48.0 Å². The maximum absolute atomic E-state index is 12.5. The van der Waals surface area contributed by atoms with Gasteiger partial charge in [-0.05, 0) is 30.5 Å². The minimum absolute atomic E-state index is 0.0364. The van der Waals surface area contributed by atoms with E-state index in [0.717, 1.165) is 11.3 Å². The van der Waals surface area contributed by atoms with Crippen LogP contribution in [0.3, 0.4) is 0 Å². The van der Waals surface area contributed by atoms with Crippen LogP contribution in [0.2, 0.25) is 0 Å². The number of benzene rings is 1. The van der Waals surface area contributed by atoms with Crippen LogP contribution in [0, 0.1) is 0 Å². The van der Waals surface area contributed by atoms with Gasteiger partial charge in [-0.15, -0.1) is 0 Å². The van der Waals surface area contributed by atoms with Gasteiger partial charge in [-0.2, -0.15) is 0 Å². The number of hydrogen-bond donors (Lipinski definition) is 1. The van der Waals surface area contributed by atoms with Gasteiger partial charge in [0.25, 0.3) is 5.91 Å². The summed E-state index contributed by atoms with van der Waals surface area (Å²) in [4.78, 5) is 12.5. The first kappa shape index (κ1) is 15.8. The number of amides is 1. The lowest BCUT2D eigenvalue weighted by Gasteiger charge is -2.23. The zero-order chi connectivity index (χ0) is 16.4. The minimum atomic E-state index is -3.03. The van der Waals surface area contributed by atoms with Crippen molar-refractivity contribution in [1.29, 1.82) is 0 Å². The molecule has 0 unspecified atom stereocenters. The number of sulfone groups is 1. The molecular formula is C17H20N2O3S. The highest BCUT2D eigenvalue weighted by atomic mass is 32.2. The summed E-state index contributed by atoms with van der Waals surface area (Å²) in [5, 5.41) is 2.86. The van der Waals surface area contributed by atoms with Crippen molar-refractivity contribution in [2.45, 2.75) is 18.9 Å². The van der Waals surface area contributed by atoms with Crippen LogP contribution in [0.25, 0.3) is 11.3 Å². The molecule has 0 aliphatic carbocycles. The highest BCUT2D eigenvalue weighted by Crippen LogP contribution is 2.21. The maximum Gasteiger partial charge on any atom is 0.268 e. The van der Waals surface area contributed by atoms with Crippen molar-refractivity contribution in [2.75, 3.05) is 11.5 Å². The molecule has 2 aromatic rings. The summed E-state index contributed by atoms with van der Waals surface area (Å²) in [6.07, 6.45) is 1.32. The van der Waals surface area contributed by atoms with Crippen LogP contribution in [0.4, 0.5) is 0 Å². The van der Waals surface area contributed by atoms with E-state index in [1.54, 1.807) is 6.07 Å². The first-order chi connectivity index (χ1) is 11.0. The lowest BCUT2D eigenvalue weighted by atomic mass is 10.2. The summed E-state index contributed by atoms with van der Waals surface area (Å²) < 4.78 is 25.2. The SMILES string of the molecule is Cn1c(C(=O)N[C@H]2CCCS(=O)(=O)C2)ccc1-c1ccccc1. The van der Waals surface area contributed by atoms with Crippen molar-refractivity contribution < 1.29 is 13.2 Å². The summed E-state index contributed by atoms with van der Waals surface area (Å²) in [7, 11) is -1.19. The molecule has 1 aliphatic heterocycles. The van der Waals surface area contributed by atoms with E-state index in [0.29, 0.717) is 18.5 Å². The van der Waals surface area contributed by atoms with Gasteiger partial charge in [0.05, 0.1) is 11.5 Å². The second-order valence-electron chi connectivity index (χ2n) is 5.96. The summed E-state index contributed by atoms with van der Waals surface area (Å²) in [5.41, 5.74) is 2.52. The molecule has 0 radical (unpaired) electrons. The minimum Gasteiger partial charge on any atom is -0.347 e. The molecule has 23 heavy (non-hydrogen) atoms. The molecule has 1 aliphatic rings. The van der Waals surface area contributed by atoms with E-state index in [2.05, 4.69) is 5.32 Å². The Hall–Kier alpha value is -2.08. The van der Waals surface area contributed by atoms with Crippen molar-refractivity contribution >= 4 is 15.7 Å². The first-order valence-corrected chi connectivity index (χ1v) is 9.51. The van der Waals surface area contributed by atoms with E-state index < -0.39 is 9.84 Å². The van der Waals surface area contributed by atoms with Crippen LogP contribution in [0.15, 0.2) is 42.5 Å². The van der Waals surface area contributed by atoms with Gasteiger partial charge in [-0.25, -0.2) is 8.42 Å². The molecule has 1 N–H and O–H groups in total. The number of nitrogens with zero attached hydrogens (tertiary/aromatic N) is 1. The third-order valence-corrected chi connectivity index (χ3v) is 6.04. The van der Waals surface area contributed by atoms with Gasteiger partial charge >= 0.3 is 0 Å². The van der Waals surface area contributed by atoms with Crippen LogP contribution < -0.4 is 5.32 Å². The quantitative estimate of drug-likeness (QED) is 0.935. The molecule has 1 aromatic heterocycles. The number of aromatic nitrogens is 1. The molecule has 1 saturated heterocycles. The molecule has 5 nitrogen and oxygen atoms in total. The van der Waals surface area contributed by atoms with Gasteiger partial charge in [0.15, 0.2) is 9.84 Å². The fourth-order valence-electron chi connectivity index (χ4n) is 3.03. The molecule has 0 spiro atoms. The third kappa shape index (κ3) is 3.47. The van der Waals surface area contributed by atoms with Gasteiger partial charge in [0.2, 0.25) is 0 Å². The fraction of sp³-hybridized carbons (Fsp3) is 0.353. The summed E-state index contributed by atoms with van der Waals surface area (Å²) in [5.74, 6) is 0.0351. The van der Waals surface area contributed by atoms with Crippen molar-refractivity contribution in [3.05, 3.63) is 48.2 Å². The predicted molar refractivity (Wildman–Crippen MR) is 90.0 cm³/mol. The average molecular weight is 332 g/mol. The van der Waals surface area contributed by atoms with E-state index in [4.69, 9.17) is 0 Å². The molecule has 122 valence electrons. The molecule has 3 rings (SSSR count). The Bertz CT molecular complexity index is 810. The van der Waals surface area contributed by atoms with Crippen LogP contribution in [0.1, 0.15) is 23.3 Å². The Morgan fingerprint density at radius 2 is 1.91 bits per heavy atom. The Morgan fingerprint density at radius 1 is 1.17 bits per heavy atom. The topological polar surface area (TPSA) is 68.2 Å². The number of hydrogen-bond acceptors (Lipinski definition) is 3. The molecule has 1 aromatic carbocycles. The Morgan fingerprint density at radius 3 is 2.61 bits per heavy atom. The first-order valence-electron chi connectivity index (χ1n) is 7.69. The molecule has 0 saturated carbocycles. The number of carbonyl (C=O) groups excluding carboxylic acids is 1. The molecule has 1 amide bonds. The Labute approximate surface area is 136 Å². The third-order valence-electron chi connectivity index (χ3n) is 4.22.